The Morgan fingerprint density at radius 2 is 1.96 bits per heavy atom. The highest BCUT2D eigenvalue weighted by atomic mass is 15.2. The van der Waals surface area contributed by atoms with Crippen LogP contribution in [0.15, 0.2) is 69.7 Å². The Balaban J connectivity index is 1.46. The molecule has 3 aliphatic rings. The highest BCUT2D eigenvalue weighted by Crippen LogP contribution is 2.29. The first-order valence-corrected chi connectivity index (χ1v) is 9.88. The second kappa shape index (κ2) is 6.85. The molecule has 0 aromatic heterocycles. The van der Waals surface area contributed by atoms with Crippen molar-refractivity contribution in [3.05, 3.63) is 70.8 Å². The van der Waals surface area contributed by atoms with Crippen LogP contribution in [0.4, 0.5) is 0 Å². The molecule has 1 fully saturated rings. The van der Waals surface area contributed by atoms with Crippen molar-refractivity contribution in [2.24, 2.45) is 15.9 Å². The fourth-order valence-electron chi connectivity index (χ4n) is 4.36. The molecule has 0 unspecified atom stereocenters. The lowest BCUT2D eigenvalue weighted by Gasteiger charge is -2.37. The third kappa shape index (κ3) is 2.98. The minimum Gasteiger partial charge on any atom is -0.298 e. The molecule has 2 aliphatic heterocycles. The molecule has 2 aromatic rings. The molecule has 28 heavy (non-hydrogen) atoms. The first-order chi connectivity index (χ1) is 13.7. The number of aliphatic imine (C=N–C) groups is 2. The zero-order valence-corrected chi connectivity index (χ0v) is 16.0. The van der Waals surface area contributed by atoms with Crippen LogP contribution >= 0.6 is 0 Å². The molecule has 138 valence electrons. The smallest absolute Gasteiger partial charge is 0.155 e. The van der Waals surface area contributed by atoms with E-state index in [1.807, 2.05) is 12.2 Å². The van der Waals surface area contributed by atoms with E-state index in [0.717, 1.165) is 47.1 Å². The number of hydrogen-bond donors (Lipinski definition) is 0. The second-order valence-corrected chi connectivity index (χ2v) is 7.96. The SMILES string of the molecule is CC1CN(Cc2ccc(C3=NCC(C4=CC(C#N)=CC4)=N3)c3ccccc23)C1. The van der Waals surface area contributed by atoms with Gasteiger partial charge in [-0.25, -0.2) is 4.99 Å². The Labute approximate surface area is 165 Å². The third-order valence-corrected chi connectivity index (χ3v) is 5.78. The first kappa shape index (κ1) is 17.1. The van der Waals surface area contributed by atoms with Crippen molar-refractivity contribution in [1.29, 1.82) is 5.26 Å². The molecule has 0 saturated carbocycles. The quantitative estimate of drug-likeness (QED) is 0.811. The lowest BCUT2D eigenvalue weighted by atomic mass is 9.96. The molecule has 5 rings (SSSR count). The van der Waals surface area contributed by atoms with E-state index in [1.165, 1.54) is 29.4 Å². The number of amidine groups is 1. The third-order valence-electron chi connectivity index (χ3n) is 5.78. The molecule has 0 N–H and O–H groups in total. The fourth-order valence-corrected chi connectivity index (χ4v) is 4.36. The van der Waals surface area contributed by atoms with E-state index in [-0.39, 0.29) is 0 Å². The Bertz CT molecular complexity index is 1120. The maximum absolute atomic E-state index is 9.07. The largest absolute Gasteiger partial charge is 0.298 e. The van der Waals surface area contributed by atoms with Crippen LogP contribution in [0.1, 0.15) is 24.5 Å². The van der Waals surface area contributed by atoms with Crippen LogP contribution in [0.2, 0.25) is 0 Å². The van der Waals surface area contributed by atoms with Gasteiger partial charge in [-0.1, -0.05) is 49.4 Å². The molecule has 0 atom stereocenters. The zero-order chi connectivity index (χ0) is 19.1. The molecule has 0 amide bonds. The molecule has 2 heterocycles. The van der Waals surface area contributed by atoms with Crippen molar-refractivity contribution in [2.75, 3.05) is 19.6 Å². The first-order valence-electron chi connectivity index (χ1n) is 9.88. The van der Waals surface area contributed by atoms with Gasteiger partial charge in [0.15, 0.2) is 5.84 Å². The van der Waals surface area contributed by atoms with E-state index < -0.39 is 0 Å². The predicted octanol–water partition coefficient (Wildman–Crippen LogP) is 4.27. The molecular weight excluding hydrogens is 344 g/mol. The van der Waals surface area contributed by atoms with Crippen molar-refractivity contribution < 1.29 is 0 Å². The summed E-state index contributed by atoms with van der Waals surface area (Å²) in [5.41, 5.74) is 5.29. The molecular formula is C24H22N4. The van der Waals surface area contributed by atoms with Crippen molar-refractivity contribution in [3.8, 4) is 6.07 Å². The van der Waals surface area contributed by atoms with Gasteiger partial charge in [-0.3, -0.25) is 9.89 Å². The molecule has 1 saturated heterocycles. The number of allylic oxidation sites excluding steroid dienone is 3. The number of nitriles is 1. The maximum Gasteiger partial charge on any atom is 0.155 e. The number of nitrogens with zero attached hydrogens (tertiary/aromatic N) is 4. The van der Waals surface area contributed by atoms with Gasteiger partial charge < -0.3 is 0 Å². The summed E-state index contributed by atoms with van der Waals surface area (Å²) in [6.07, 6.45) is 4.67. The molecule has 0 spiro atoms. The molecule has 2 aromatic carbocycles. The van der Waals surface area contributed by atoms with E-state index in [4.69, 9.17) is 15.2 Å². The van der Waals surface area contributed by atoms with Crippen LogP contribution in [-0.4, -0.2) is 36.1 Å². The number of likely N-dealkylation sites (tertiary alicyclic amines) is 1. The van der Waals surface area contributed by atoms with Crippen molar-refractivity contribution in [3.63, 3.8) is 0 Å². The molecule has 4 heteroatoms. The van der Waals surface area contributed by atoms with Gasteiger partial charge in [-0.2, -0.15) is 5.26 Å². The topological polar surface area (TPSA) is 51.8 Å². The minimum absolute atomic E-state index is 0.593. The Morgan fingerprint density at radius 3 is 2.71 bits per heavy atom. The standard InChI is InChI=1S/C24H22N4/c1-16-13-28(14-16)15-19-8-9-22(21-5-3-2-4-20(19)21)24-26-12-23(27-24)18-7-6-17(10-18)11-25/h2-6,8-10,16H,7,12-15H2,1H3. The molecule has 0 radical (unpaired) electrons. The van der Waals surface area contributed by atoms with Gasteiger partial charge in [-0.15, -0.1) is 0 Å². The number of hydrogen-bond acceptors (Lipinski definition) is 4. The predicted molar refractivity (Wildman–Crippen MR) is 114 cm³/mol. The van der Waals surface area contributed by atoms with E-state index >= 15 is 0 Å². The summed E-state index contributed by atoms with van der Waals surface area (Å²) in [6.45, 7) is 6.27. The van der Waals surface area contributed by atoms with Gasteiger partial charge in [0.05, 0.1) is 18.3 Å². The zero-order valence-electron chi connectivity index (χ0n) is 16.0. The van der Waals surface area contributed by atoms with Crippen LogP contribution in [0.25, 0.3) is 10.8 Å². The van der Waals surface area contributed by atoms with Gasteiger partial charge in [0.1, 0.15) is 0 Å². The van der Waals surface area contributed by atoms with Crippen molar-refractivity contribution in [2.45, 2.75) is 19.9 Å². The van der Waals surface area contributed by atoms with Crippen LogP contribution in [-0.2, 0) is 6.54 Å². The number of benzene rings is 2. The van der Waals surface area contributed by atoms with Gasteiger partial charge in [0.25, 0.3) is 0 Å². The van der Waals surface area contributed by atoms with E-state index in [0.29, 0.717) is 6.54 Å². The highest BCUT2D eigenvalue weighted by Gasteiger charge is 2.24. The highest BCUT2D eigenvalue weighted by molar-refractivity contribution is 6.21. The summed E-state index contributed by atoms with van der Waals surface area (Å²) in [5, 5.41) is 11.6. The summed E-state index contributed by atoms with van der Waals surface area (Å²) in [7, 11) is 0. The summed E-state index contributed by atoms with van der Waals surface area (Å²) < 4.78 is 0. The Kier molecular flexibility index (Phi) is 4.18. The Morgan fingerprint density at radius 1 is 1.14 bits per heavy atom. The molecule has 4 nitrogen and oxygen atoms in total. The number of rotatable bonds is 4. The van der Waals surface area contributed by atoms with Gasteiger partial charge >= 0.3 is 0 Å². The monoisotopic (exact) mass is 366 g/mol. The van der Waals surface area contributed by atoms with Gasteiger partial charge in [0, 0.05) is 30.8 Å². The lowest BCUT2D eigenvalue weighted by Crippen LogP contribution is -2.44. The number of fused-ring (bicyclic) bond motifs is 1. The van der Waals surface area contributed by atoms with Crippen LogP contribution < -0.4 is 0 Å². The van der Waals surface area contributed by atoms with Crippen LogP contribution in [0, 0.1) is 17.2 Å². The average Bonchev–Trinajstić information content (AvgIpc) is 3.36. The van der Waals surface area contributed by atoms with Crippen LogP contribution in [0.3, 0.4) is 0 Å². The summed E-state index contributed by atoms with van der Waals surface area (Å²) in [4.78, 5) is 12.1. The maximum atomic E-state index is 9.07. The lowest BCUT2D eigenvalue weighted by molar-refractivity contribution is 0.105. The second-order valence-electron chi connectivity index (χ2n) is 7.96. The average molecular weight is 366 g/mol. The Hall–Kier alpha value is -3.03. The fraction of sp³-hybridized carbons (Fsp3) is 0.292. The van der Waals surface area contributed by atoms with Gasteiger partial charge in [0.2, 0.25) is 0 Å². The molecule has 0 bridgehead atoms. The normalized spacial score (nSPS) is 19.7. The van der Waals surface area contributed by atoms with Gasteiger partial charge in [-0.05, 0) is 40.3 Å². The minimum atomic E-state index is 0.593. The molecule has 1 aliphatic carbocycles. The van der Waals surface area contributed by atoms with E-state index in [1.54, 1.807) is 0 Å². The van der Waals surface area contributed by atoms with E-state index in [2.05, 4.69) is 54.3 Å². The summed E-state index contributed by atoms with van der Waals surface area (Å²) in [5.74, 6) is 1.62. The summed E-state index contributed by atoms with van der Waals surface area (Å²) >= 11 is 0. The van der Waals surface area contributed by atoms with Crippen molar-refractivity contribution >= 4 is 22.3 Å². The van der Waals surface area contributed by atoms with E-state index in [9.17, 15) is 0 Å². The van der Waals surface area contributed by atoms with Crippen LogP contribution in [0.5, 0.6) is 0 Å². The van der Waals surface area contributed by atoms with Crippen molar-refractivity contribution in [1.82, 2.24) is 4.90 Å². The summed E-state index contributed by atoms with van der Waals surface area (Å²) in [6, 6.07) is 15.2.